The second-order valence-electron chi connectivity index (χ2n) is 8.00. The number of fused-ring (bicyclic) bond motifs is 1. The predicted molar refractivity (Wildman–Crippen MR) is 143 cm³/mol. The Labute approximate surface area is 209 Å². The summed E-state index contributed by atoms with van der Waals surface area (Å²) in [5, 5.41) is 16.1. The third kappa shape index (κ3) is 6.27. The molecule has 3 aromatic rings. The number of rotatable bonds is 6. The van der Waals surface area contributed by atoms with Gasteiger partial charge in [-0.1, -0.05) is 31.0 Å². The first kappa shape index (κ1) is 24.0. The lowest BCUT2D eigenvalue weighted by atomic mass is 9.96. The van der Waals surface area contributed by atoms with Crippen molar-refractivity contribution in [2.45, 2.75) is 45.4 Å². The van der Waals surface area contributed by atoms with E-state index in [1.165, 1.54) is 17.7 Å². The Balaban J connectivity index is 1.45. The molecule has 176 valence electrons. The van der Waals surface area contributed by atoms with Gasteiger partial charge < -0.3 is 15.4 Å². The maximum Gasteiger partial charge on any atom is 0.341 e. The van der Waals surface area contributed by atoms with Crippen molar-refractivity contribution < 1.29 is 9.53 Å². The van der Waals surface area contributed by atoms with Crippen LogP contribution in [0.25, 0.3) is 0 Å². The van der Waals surface area contributed by atoms with Gasteiger partial charge in [0.1, 0.15) is 5.00 Å². The number of azo groups is 1. The van der Waals surface area contributed by atoms with Crippen LogP contribution in [0.5, 0.6) is 0 Å². The highest BCUT2D eigenvalue weighted by atomic mass is 32.1. The topological polar surface area (TPSA) is 75.1 Å². The average Bonchev–Trinajstić information content (AvgIpc) is 3.15. The fourth-order valence-corrected chi connectivity index (χ4v) is 5.48. The lowest BCUT2D eigenvalue weighted by Crippen LogP contribution is -2.20. The van der Waals surface area contributed by atoms with E-state index in [9.17, 15) is 4.79 Å². The van der Waals surface area contributed by atoms with Gasteiger partial charge in [0.25, 0.3) is 0 Å². The number of hydrogen-bond acceptors (Lipinski definition) is 6. The number of thiophene rings is 1. The van der Waals surface area contributed by atoms with Crippen molar-refractivity contribution in [1.82, 2.24) is 0 Å². The van der Waals surface area contributed by atoms with Crippen molar-refractivity contribution in [2.24, 2.45) is 10.2 Å². The molecule has 2 aromatic carbocycles. The number of nitrogens with zero attached hydrogens (tertiary/aromatic N) is 2. The number of hydrogen-bond donors (Lipinski definition) is 2. The molecular weight excluding hydrogens is 464 g/mol. The van der Waals surface area contributed by atoms with Crippen LogP contribution in [0.1, 0.15) is 53.4 Å². The molecule has 34 heavy (non-hydrogen) atoms. The summed E-state index contributed by atoms with van der Waals surface area (Å²) in [5.41, 5.74) is 4.14. The van der Waals surface area contributed by atoms with Crippen LogP contribution in [0, 0.1) is 0 Å². The normalized spacial score (nSPS) is 13.6. The molecule has 2 N–H and O–H groups in total. The molecule has 0 saturated carbocycles. The molecule has 0 aliphatic heterocycles. The van der Waals surface area contributed by atoms with Crippen molar-refractivity contribution >= 4 is 56.7 Å². The van der Waals surface area contributed by atoms with Crippen LogP contribution in [0.4, 0.5) is 22.1 Å². The molecule has 0 bridgehead atoms. The zero-order valence-corrected chi connectivity index (χ0v) is 20.8. The average molecular weight is 493 g/mol. The Bertz CT molecular complexity index is 1160. The van der Waals surface area contributed by atoms with E-state index in [0.717, 1.165) is 53.3 Å². The number of nitrogens with one attached hydrogen (secondary N) is 2. The molecular formula is C26H28N4O2S2. The van der Waals surface area contributed by atoms with Gasteiger partial charge in [0, 0.05) is 10.6 Å². The van der Waals surface area contributed by atoms with E-state index in [-0.39, 0.29) is 5.97 Å². The summed E-state index contributed by atoms with van der Waals surface area (Å²) in [6.45, 7) is 2.18. The van der Waals surface area contributed by atoms with Crippen LogP contribution < -0.4 is 10.6 Å². The van der Waals surface area contributed by atoms with Gasteiger partial charge in [0.15, 0.2) is 5.11 Å². The second kappa shape index (κ2) is 11.9. The first-order valence-corrected chi connectivity index (χ1v) is 12.8. The van der Waals surface area contributed by atoms with Crippen molar-refractivity contribution in [3.05, 3.63) is 70.6 Å². The Hall–Kier alpha value is -3.10. The van der Waals surface area contributed by atoms with Gasteiger partial charge in [-0.2, -0.15) is 10.2 Å². The van der Waals surface area contributed by atoms with Crippen molar-refractivity contribution in [3.8, 4) is 0 Å². The minimum atomic E-state index is -0.279. The van der Waals surface area contributed by atoms with Gasteiger partial charge in [0.2, 0.25) is 0 Å². The zero-order valence-electron chi connectivity index (χ0n) is 19.2. The fourth-order valence-electron chi connectivity index (χ4n) is 3.91. The molecule has 0 spiro atoms. The van der Waals surface area contributed by atoms with E-state index < -0.39 is 0 Å². The Morgan fingerprint density at radius 2 is 1.62 bits per heavy atom. The van der Waals surface area contributed by atoms with Gasteiger partial charge >= 0.3 is 5.97 Å². The predicted octanol–water partition coefficient (Wildman–Crippen LogP) is 7.81. The molecule has 8 heteroatoms. The molecule has 0 fully saturated rings. The number of anilines is 2. The smallest absolute Gasteiger partial charge is 0.341 e. The van der Waals surface area contributed by atoms with Crippen LogP contribution >= 0.6 is 23.6 Å². The first-order valence-electron chi connectivity index (χ1n) is 11.6. The van der Waals surface area contributed by atoms with Gasteiger partial charge in [0.05, 0.1) is 23.5 Å². The molecule has 6 nitrogen and oxygen atoms in total. The summed E-state index contributed by atoms with van der Waals surface area (Å²) >= 11 is 7.18. The summed E-state index contributed by atoms with van der Waals surface area (Å²) in [5.74, 6) is -0.279. The summed E-state index contributed by atoms with van der Waals surface area (Å²) < 4.78 is 5.38. The Morgan fingerprint density at radius 3 is 2.32 bits per heavy atom. The SMILES string of the molecule is CCOC(=O)c1c(NC(=S)Nc2ccc(N=Nc3ccccc3)cc2)sc2c1CCCCCC2. The molecule has 0 radical (unpaired) electrons. The summed E-state index contributed by atoms with van der Waals surface area (Å²) in [6, 6.07) is 17.1. The van der Waals surface area contributed by atoms with Crippen molar-refractivity contribution in [1.29, 1.82) is 0 Å². The van der Waals surface area contributed by atoms with Gasteiger partial charge in [-0.25, -0.2) is 4.79 Å². The van der Waals surface area contributed by atoms with Crippen LogP contribution in [0.15, 0.2) is 64.8 Å². The lowest BCUT2D eigenvalue weighted by molar-refractivity contribution is 0.0526. The van der Waals surface area contributed by atoms with Crippen molar-refractivity contribution in [2.75, 3.05) is 17.2 Å². The van der Waals surface area contributed by atoms with E-state index in [1.807, 2.05) is 61.5 Å². The number of carbonyl (C=O) groups is 1. The standard InChI is InChI=1S/C26H28N4O2S2/c1-2-32-25(31)23-21-12-8-3-4-9-13-22(21)34-24(23)28-26(33)27-18-14-16-20(17-15-18)30-29-19-10-6-5-7-11-19/h5-7,10-11,14-17H,2-4,8-9,12-13H2,1H3,(H2,27,28,33). The lowest BCUT2D eigenvalue weighted by Gasteiger charge is -2.12. The number of benzene rings is 2. The van der Waals surface area contributed by atoms with Crippen molar-refractivity contribution in [3.63, 3.8) is 0 Å². The summed E-state index contributed by atoms with van der Waals surface area (Å²) in [4.78, 5) is 14.1. The van der Waals surface area contributed by atoms with Crippen LogP contribution in [-0.4, -0.2) is 17.7 Å². The number of ether oxygens (including phenoxy) is 1. The maximum absolute atomic E-state index is 12.8. The summed E-state index contributed by atoms with van der Waals surface area (Å²) in [7, 11) is 0. The minimum Gasteiger partial charge on any atom is -0.462 e. The van der Waals surface area contributed by atoms with Crippen LogP contribution in [0.3, 0.4) is 0 Å². The molecule has 1 aliphatic rings. The second-order valence-corrected chi connectivity index (χ2v) is 9.52. The zero-order chi connectivity index (χ0) is 23.8. The number of esters is 1. The molecule has 0 unspecified atom stereocenters. The van der Waals surface area contributed by atoms with Crippen LogP contribution in [0.2, 0.25) is 0 Å². The summed E-state index contributed by atoms with van der Waals surface area (Å²) in [6.07, 6.45) is 6.56. The highest BCUT2D eigenvalue weighted by Gasteiger charge is 2.25. The monoisotopic (exact) mass is 492 g/mol. The third-order valence-corrected chi connectivity index (χ3v) is 6.95. The van der Waals surface area contributed by atoms with Crippen LogP contribution in [-0.2, 0) is 17.6 Å². The number of thiocarbonyl (C=S) groups is 1. The molecule has 0 amide bonds. The maximum atomic E-state index is 12.8. The fraction of sp³-hybridized carbons (Fsp3) is 0.308. The van der Waals surface area contributed by atoms with Gasteiger partial charge in [-0.15, -0.1) is 11.3 Å². The third-order valence-electron chi connectivity index (χ3n) is 5.54. The molecule has 4 rings (SSSR count). The van der Waals surface area contributed by atoms with E-state index in [4.69, 9.17) is 17.0 Å². The van der Waals surface area contributed by atoms with E-state index in [2.05, 4.69) is 20.9 Å². The molecule has 1 aromatic heterocycles. The van der Waals surface area contributed by atoms with E-state index in [0.29, 0.717) is 17.3 Å². The molecule has 0 atom stereocenters. The highest BCUT2D eigenvalue weighted by molar-refractivity contribution is 7.80. The van der Waals surface area contributed by atoms with E-state index in [1.54, 1.807) is 11.3 Å². The number of aryl methyl sites for hydroxylation is 1. The molecule has 1 aliphatic carbocycles. The minimum absolute atomic E-state index is 0.279. The molecule has 0 saturated heterocycles. The molecule has 1 heterocycles. The van der Waals surface area contributed by atoms with E-state index >= 15 is 0 Å². The number of carbonyl (C=O) groups excluding carboxylic acids is 1. The Kier molecular flexibility index (Phi) is 8.38. The first-order chi connectivity index (χ1) is 16.6. The quantitative estimate of drug-likeness (QED) is 0.208. The Morgan fingerprint density at radius 1 is 0.941 bits per heavy atom. The highest BCUT2D eigenvalue weighted by Crippen LogP contribution is 2.37. The van der Waals surface area contributed by atoms with Gasteiger partial charge in [-0.05, 0) is 86.8 Å². The van der Waals surface area contributed by atoms with Gasteiger partial charge in [-0.3, -0.25) is 0 Å². The largest absolute Gasteiger partial charge is 0.462 e.